The van der Waals surface area contributed by atoms with Crippen molar-refractivity contribution >= 4 is 22.5 Å². The molecule has 1 aliphatic rings. The number of carbonyl (C=O) groups excluding carboxylic acids is 1. The van der Waals surface area contributed by atoms with Gasteiger partial charge in [-0.15, -0.1) is 0 Å². The van der Waals surface area contributed by atoms with E-state index in [1.165, 1.54) is 16.7 Å². The fourth-order valence-electron chi connectivity index (χ4n) is 4.95. The first-order valence-corrected chi connectivity index (χ1v) is 11.8. The maximum atomic E-state index is 13.1. The molecule has 0 radical (unpaired) electrons. The van der Waals surface area contributed by atoms with Crippen LogP contribution in [0.5, 0.6) is 0 Å². The smallest absolute Gasteiger partial charge is 0.227 e. The lowest BCUT2D eigenvalue weighted by Gasteiger charge is -2.23. The highest BCUT2D eigenvalue weighted by atomic mass is 16.1. The molecule has 0 bridgehead atoms. The van der Waals surface area contributed by atoms with Gasteiger partial charge in [-0.25, -0.2) is 0 Å². The highest BCUT2D eigenvalue weighted by Crippen LogP contribution is 2.32. The summed E-state index contributed by atoms with van der Waals surface area (Å²) in [7, 11) is 0. The predicted octanol–water partition coefficient (Wildman–Crippen LogP) is 6.64. The second-order valence-corrected chi connectivity index (χ2v) is 8.98. The molecule has 4 aromatic carbocycles. The summed E-state index contributed by atoms with van der Waals surface area (Å²) in [5, 5.41) is 11.9. The average molecular weight is 444 g/mol. The number of benzene rings is 4. The van der Waals surface area contributed by atoms with Gasteiger partial charge in [-0.1, -0.05) is 72.8 Å². The Morgan fingerprint density at radius 3 is 2.44 bits per heavy atom. The summed E-state index contributed by atoms with van der Waals surface area (Å²) in [5.74, 6) is 0.0851. The van der Waals surface area contributed by atoms with Crippen molar-refractivity contribution in [2.24, 2.45) is 5.92 Å². The van der Waals surface area contributed by atoms with Crippen molar-refractivity contribution in [3.05, 3.63) is 108 Å². The molecule has 1 unspecified atom stereocenters. The van der Waals surface area contributed by atoms with Crippen LogP contribution in [0.15, 0.2) is 97.1 Å². The molecule has 0 aliphatic heterocycles. The number of aromatic amines is 1. The molecular weight excluding hydrogens is 418 g/mol. The molecule has 1 atom stereocenters. The third-order valence-electron chi connectivity index (χ3n) is 6.79. The molecule has 1 aliphatic carbocycles. The largest absolute Gasteiger partial charge is 0.326 e. The van der Waals surface area contributed by atoms with Crippen LogP contribution in [0.25, 0.3) is 33.3 Å². The molecule has 1 amide bonds. The number of aryl methyl sites for hydroxylation is 1. The number of amides is 1. The van der Waals surface area contributed by atoms with Crippen LogP contribution in [-0.4, -0.2) is 16.1 Å². The molecule has 166 valence electrons. The van der Waals surface area contributed by atoms with Crippen LogP contribution >= 0.6 is 0 Å². The van der Waals surface area contributed by atoms with E-state index >= 15 is 0 Å². The van der Waals surface area contributed by atoms with Gasteiger partial charge in [0.25, 0.3) is 0 Å². The third-order valence-corrected chi connectivity index (χ3v) is 6.79. The van der Waals surface area contributed by atoms with E-state index in [-0.39, 0.29) is 11.8 Å². The number of hydrogen-bond acceptors (Lipinski definition) is 2. The summed E-state index contributed by atoms with van der Waals surface area (Å²) in [6, 6.07) is 33.1. The Hall–Kier alpha value is -4.18. The van der Waals surface area contributed by atoms with Crippen LogP contribution in [-0.2, 0) is 17.6 Å². The van der Waals surface area contributed by atoms with Crippen molar-refractivity contribution in [2.45, 2.75) is 19.3 Å². The Kier molecular flexibility index (Phi) is 5.19. The van der Waals surface area contributed by atoms with Gasteiger partial charge in [0.05, 0.1) is 11.2 Å². The lowest BCUT2D eigenvalue weighted by molar-refractivity contribution is -0.120. The van der Waals surface area contributed by atoms with Gasteiger partial charge in [-0.05, 0) is 65.8 Å². The number of anilines is 1. The number of nitrogens with zero attached hydrogens (tertiary/aromatic N) is 1. The summed E-state index contributed by atoms with van der Waals surface area (Å²) >= 11 is 0. The third kappa shape index (κ3) is 3.88. The zero-order valence-corrected chi connectivity index (χ0v) is 18.8. The molecule has 6 rings (SSSR count). The molecule has 0 spiro atoms. The lowest BCUT2D eigenvalue weighted by Crippen LogP contribution is -2.28. The van der Waals surface area contributed by atoms with E-state index in [1.807, 2.05) is 36.4 Å². The van der Waals surface area contributed by atoms with E-state index in [2.05, 4.69) is 76.2 Å². The average Bonchev–Trinajstić information content (AvgIpc) is 3.32. The van der Waals surface area contributed by atoms with Gasteiger partial charge < -0.3 is 5.32 Å². The molecule has 34 heavy (non-hydrogen) atoms. The van der Waals surface area contributed by atoms with Crippen LogP contribution in [0.1, 0.15) is 17.5 Å². The van der Waals surface area contributed by atoms with Gasteiger partial charge in [0.1, 0.15) is 0 Å². The molecule has 0 saturated heterocycles. The van der Waals surface area contributed by atoms with Crippen LogP contribution in [0.4, 0.5) is 5.69 Å². The number of hydrogen-bond donors (Lipinski definition) is 2. The number of rotatable bonds is 4. The second kappa shape index (κ2) is 8.64. The van der Waals surface area contributed by atoms with Gasteiger partial charge in [-0.2, -0.15) is 5.10 Å². The molecule has 0 saturated carbocycles. The highest BCUT2D eigenvalue weighted by Gasteiger charge is 2.24. The molecule has 4 heteroatoms. The quantitative estimate of drug-likeness (QED) is 0.327. The Morgan fingerprint density at radius 1 is 0.794 bits per heavy atom. The Bertz CT molecular complexity index is 1490. The van der Waals surface area contributed by atoms with Crippen LogP contribution < -0.4 is 5.32 Å². The summed E-state index contributed by atoms with van der Waals surface area (Å²) in [6.07, 6.45) is 2.64. The topological polar surface area (TPSA) is 57.8 Å². The lowest BCUT2D eigenvalue weighted by atomic mass is 9.83. The minimum atomic E-state index is -0.00280. The summed E-state index contributed by atoms with van der Waals surface area (Å²) in [6.45, 7) is 0. The Balaban J connectivity index is 1.27. The Morgan fingerprint density at radius 2 is 1.56 bits per heavy atom. The summed E-state index contributed by atoms with van der Waals surface area (Å²) in [5.41, 5.74) is 8.66. The summed E-state index contributed by atoms with van der Waals surface area (Å²) in [4.78, 5) is 13.1. The van der Waals surface area contributed by atoms with E-state index in [1.54, 1.807) is 0 Å². The van der Waals surface area contributed by atoms with Gasteiger partial charge >= 0.3 is 0 Å². The van der Waals surface area contributed by atoms with E-state index in [9.17, 15) is 4.79 Å². The normalized spacial score (nSPS) is 15.1. The molecule has 5 aromatic rings. The van der Waals surface area contributed by atoms with Crippen molar-refractivity contribution in [1.82, 2.24) is 10.2 Å². The predicted molar refractivity (Wildman–Crippen MR) is 138 cm³/mol. The molecule has 4 nitrogen and oxygen atoms in total. The molecule has 0 fully saturated rings. The van der Waals surface area contributed by atoms with E-state index < -0.39 is 0 Å². The molecule has 1 aromatic heterocycles. The van der Waals surface area contributed by atoms with Crippen molar-refractivity contribution in [3.63, 3.8) is 0 Å². The van der Waals surface area contributed by atoms with Crippen LogP contribution in [0.2, 0.25) is 0 Å². The van der Waals surface area contributed by atoms with Crippen LogP contribution in [0.3, 0.4) is 0 Å². The number of fused-ring (bicyclic) bond motifs is 2. The molecular formula is C30H25N3O. The summed E-state index contributed by atoms with van der Waals surface area (Å²) < 4.78 is 0. The zero-order chi connectivity index (χ0) is 22.9. The first-order valence-electron chi connectivity index (χ1n) is 11.8. The number of H-pyrrole nitrogens is 1. The van der Waals surface area contributed by atoms with Crippen molar-refractivity contribution in [2.75, 3.05) is 5.32 Å². The first kappa shape index (κ1) is 20.4. The number of aromatic nitrogens is 2. The first-order chi connectivity index (χ1) is 16.7. The second-order valence-electron chi connectivity index (χ2n) is 8.98. The minimum Gasteiger partial charge on any atom is -0.326 e. The van der Waals surface area contributed by atoms with Crippen molar-refractivity contribution in [3.8, 4) is 22.4 Å². The minimum absolute atomic E-state index is 0.00280. The van der Waals surface area contributed by atoms with Gasteiger partial charge in [0.15, 0.2) is 0 Å². The van der Waals surface area contributed by atoms with Gasteiger partial charge in [0, 0.05) is 22.6 Å². The highest BCUT2D eigenvalue weighted by molar-refractivity contribution is 5.99. The fraction of sp³-hybridized carbons (Fsp3) is 0.133. The zero-order valence-electron chi connectivity index (χ0n) is 18.8. The standard InChI is InChI=1S/C30H25N3O/c34-30(25-14-13-21-9-4-5-10-22(21)18-25)31-26-15-16-28-27(19-26)29(33-32-28)24-12-6-11-23(17-24)20-7-2-1-3-8-20/h1-12,15-17,19,25H,13-14,18H2,(H,31,34)(H,32,33). The maximum Gasteiger partial charge on any atom is 0.227 e. The van der Waals surface area contributed by atoms with Crippen molar-refractivity contribution in [1.29, 1.82) is 0 Å². The fourth-order valence-corrected chi connectivity index (χ4v) is 4.95. The SMILES string of the molecule is O=C(Nc1ccc2[nH]nc(-c3cccc(-c4ccccc4)c3)c2c1)C1CCc2ccccc2C1. The van der Waals surface area contributed by atoms with Gasteiger partial charge in [0.2, 0.25) is 5.91 Å². The van der Waals surface area contributed by atoms with Crippen LogP contribution in [0, 0.1) is 5.92 Å². The van der Waals surface area contributed by atoms with E-state index in [4.69, 9.17) is 0 Å². The molecule has 1 heterocycles. The van der Waals surface area contributed by atoms with E-state index in [0.29, 0.717) is 0 Å². The number of nitrogens with one attached hydrogen (secondary N) is 2. The van der Waals surface area contributed by atoms with Crippen molar-refractivity contribution < 1.29 is 4.79 Å². The van der Waals surface area contributed by atoms with Gasteiger partial charge in [-0.3, -0.25) is 9.89 Å². The molecule has 2 N–H and O–H groups in total. The monoisotopic (exact) mass is 443 g/mol. The number of carbonyl (C=O) groups is 1. The Labute approximate surface area is 198 Å². The maximum absolute atomic E-state index is 13.1. The van der Waals surface area contributed by atoms with E-state index in [0.717, 1.165) is 52.7 Å².